The number of rotatable bonds is 3. The third-order valence-electron chi connectivity index (χ3n) is 3.63. The van der Waals surface area contributed by atoms with E-state index in [0.717, 1.165) is 5.69 Å². The lowest BCUT2D eigenvalue weighted by atomic mass is 9.86. The van der Waals surface area contributed by atoms with Crippen LogP contribution in [0.5, 0.6) is 0 Å². The van der Waals surface area contributed by atoms with Crippen molar-refractivity contribution >= 4 is 0 Å². The molecule has 2 heteroatoms. The zero-order chi connectivity index (χ0) is 14.8. The van der Waals surface area contributed by atoms with Crippen LogP contribution in [0.2, 0.25) is 0 Å². The summed E-state index contributed by atoms with van der Waals surface area (Å²) < 4.78 is 0. The summed E-state index contributed by atoms with van der Waals surface area (Å²) in [6.45, 7) is 8.81. The van der Waals surface area contributed by atoms with E-state index < -0.39 is 0 Å². The van der Waals surface area contributed by atoms with E-state index in [2.05, 4.69) is 68.3 Å². The first-order valence-corrected chi connectivity index (χ1v) is 7.12. The molecule has 1 heterocycles. The molecular weight excluding hydrogens is 244 g/mol. The van der Waals surface area contributed by atoms with Crippen LogP contribution in [-0.2, 0) is 5.41 Å². The highest BCUT2D eigenvalue weighted by atomic mass is 14.9. The number of hydrogen-bond donors (Lipinski definition) is 1. The smallest absolute Gasteiger partial charge is 0.0749 e. The van der Waals surface area contributed by atoms with Crippen molar-refractivity contribution in [3.05, 3.63) is 65.0 Å². The largest absolute Gasteiger partial charge is 0.308 e. The zero-order valence-electron chi connectivity index (χ0n) is 13.1. The summed E-state index contributed by atoms with van der Waals surface area (Å²) in [5.74, 6) is 0. The van der Waals surface area contributed by atoms with E-state index in [1.807, 2.05) is 19.3 Å². The second kappa shape index (κ2) is 5.76. The molecule has 0 aliphatic rings. The van der Waals surface area contributed by atoms with Gasteiger partial charge >= 0.3 is 0 Å². The normalized spacial score (nSPS) is 13.2. The van der Waals surface area contributed by atoms with Gasteiger partial charge in [0.25, 0.3) is 0 Å². The van der Waals surface area contributed by atoms with E-state index in [1.165, 1.54) is 16.7 Å². The average molecular weight is 268 g/mol. The van der Waals surface area contributed by atoms with Gasteiger partial charge in [0.1, 0.15) is 0 Å². The van der Waals surface area contributed by atoms with E-state index in [0.29, 0.717) is 0 Å². The van der Waals surface area contributed by atoms with Gasteiger partial charge in [0.2, 0.25) is 0 Å². The second-order valence-corrected chi connectivity index (χ2v) is 6.35. The van der Waals surface area contributed by atoms with Crippen LogP contribution in [-0.4, -0.2) is 12.0 Å². The van der Waals surface area contributed by atoms with E-state index in [4.69, 9.17) is 0 Å². The lowest BCUT2D eigenvalue weighted by Crippen LogP contribution is -2.19. The Morgan fingerprint density at radius 2 is 1.70 bits per heavy atom. The quantitative estimate of drug-likeness (QED) is 0.910. The van der Waals surface area contributed by atoms with Gasteiger partial charge < -0.3 is 5.32 Å². The number of aromatic nitrogens is 1. The van der Waals surface area contributed by atoms with Crippen molar-refractivity contribution in [2.75, 3.05) is 7.05 Å². The van der Waals surface area contributed by atoms with Crippen molar-refractivity contribution in [2.24, 2.45) is 0 Å². The summed E-state index contributed by atoms with van der Waals surface area (Å²) in [5, 5.41) is 3.36. The monoisotopic (exact) mass is 268 g/mol. The molecule has 0 spiro atoms. The summed E-state index contributed by atoms with van der Waals surface area (Å²) in [4.78, 5) is 4.50. The molecule has 0 aliphatic heterocycles. The van der Waals surface area contributed by atoms with E-state index >= 15 is 0 Å². The number of aryl methyl sites for hydroxylation is 1. The minimum atomic E-state index is 0.143. The zero-order valence-corrected chi connectivity index (χ0v) is 13.1. The van der Waals surface area contributed by atoms with Crippen LogP contribution in [0.1, 0.15) is 49.2 Å². The number of hydrogen-bond acceptors (Lipinski definition) is 2. The molecule has 1 N–H and O–H groups in total. The van der Waals surface area contributed by atoms with Crippen LogP contribution in [0.4, 0.5) is 0 Å². The molecule has 1 atom stereocenters. The molecule has 0 radical (unpaired) electrons. The lowest BCUT2D eigenvalue weighted by Gasteiger charge is -2.21. The van der Waals surface area contributed by atoms with Gasteiger partial charge in [-0.1, -0.05) is 45.0 Å². The fourth-order valence-corrected chi connectivity index (χ4v) is 2.38. The highest BCUT2D eigenvalue weighted by Crippen LogP contribution is 2.26. The number of benzene rings is 1. The van der Waals surface area contributed by atoms with Gasteiger partial charge in [0.15, 0.2) is 0 Å². The Bertz CT molecular complexity index is 565. The van der Waals surface area contributed by atoms with Crippen LogP contribution < -0.4 is 5.32 Å². The van der Waals surface area contributed by atoms with Gasteiger partial charge in [0.05, 0.1) is 11.7 Å². The SMILES string of the molecule is CNC(c1ccc(C(C)(C)C)cc1)c1cc(C)ccn1. The van der Waals surface area contributed by atoms with Gasteiger partial charge in [-0.3, -0.25) is 4.98 Å². The van der Waals surface area contributed by atoms with Gasteiger partial charge in [-0.2, -0.15) is 0 Å². The third-order valence-corrected chi connectivity index (χ3v) is 3.63. The van der Waals surface area contributed by atoms with Crippen LogP contribution in [0.15, 0.2) is 42.6 Å². The Labute approximate surface area is 122 Å². The summed E-state index contributed by atoms with van der Waals surface area (Å²) in [6.07, 6.45) is 1.87. The van der Waals surface area contributed by atoms with Gasteiger partial charge in [0, 0.05) is 6.20 Å². The molecule has 1 aromatic carbocycles. The van der Waals surface area contributed by atoms with E-state index in [1.54, 1.807) is 0 Å². The molecule has 2 aromatic rings. The molecule has 0 saturated carbocycles. The highest BCUT2D eigenvalue weighted by molar-refractivity contribution is 5.33. The highest BCUT2D eigenvalue weighted by Gasteiger charge is 2.16. The molecule has 2 rings (SSSR count). The minimum Gasteiger partial charge on any atom is -0.308 e. The number of pyridine rings is 1. The average Bonchev–Trinajstić information content (AvgIpc) is 2.39. The molecule has 2 nitrogen and oxygen atoms in total. The molecule has 1 aromatic heterocycles. The molecule has 1 unspecified atom stereocenters. The van der Waals surface area contributed by atoms with Crippen LogP contribution in [0.25, 0.3) is 0 Å². The van der Waals surface area contributed by atoms with Crippen LogP contribution in [0, 0.1) is 6.92 Å². The topological polar surface area (TPSA) is 24.9 Å². The Morgan fingerprint density at radius 3 is 2.20 bits per heavy atom. The lowest BCUT2D eigenvalue weighted by molar-refractivity contribution is 0.588. The second-order valence-electron chi connectivity index (χ2n) is 6.35. The van der Waals surface area contributed by atoms with Crippen molar-refractivity contribution in [1.29, 1.82) is 0 Å². The maximum absolute atomic E-state index is 4.50. The minimum absolute atomic E-state index is 0.143. The van der Waals surface area contributed by atoms with Crippen molar-refractivity contribution in [3.8, 4) is 0 Å². The van der Waals surface area contributed by atoms with E-state index in [9.17, 15) is 0 Å². The molecule has 0 fully saturated rings. The predicted octanol–water partition coefficient (Wildman–Crippen LogP) is 4.00. The van der Waals surface area contributed by atoms with E-state index in [-0.39, 0.29) is 11.5 Å². The van der Waals surface area contributed by atoms with Crippen molar-refractivity contribution in [1.82, 2.24) is 10.3 Å². The molecule has 106 valence electrons. The molecule has 0 amide bonds. The summed E-state index contributed by atoms with van der Waals surface area (Å²) in [5.41, 5.74) is 5.10. The Kier molecular flexibility index (Phi) is 4.24. The molecular formula is C18H24N2. The molecule has 20 heavy (non-hydrogen) atoms. The molecule has 0 aliphatic carbocycles. The maximum Gasteiger partial charge on any atom is 0.0749 e. The number of nitrogens with zero attached hydrogens (tertiary/aromatic N) is 1. The summed E-state index contributed by atoms with van der Waals surface area (Å²) >= 11 is 0. The Morgan fingerprint density at radius 1 is 1.05 bits per heavy atom. The first-order chi connectivity index (χ1) is 9.41. The standard InChI is InChI=1S/C18H24N2/c1-13-10-11-20-16(12-13)17(19-5)14-6-8-15(9-7-14)18(2,3)4/h6-12,17,19H,1-5H3. The predicted molar refractivity (Wildman–Crippen MR) is 85.0 cm³/mol. The van der Waals surface area contributed by atoms with Crippen LogP contribution >= 0.6 is 0 Å². The Hall–Kier alpha value is -1.67. The third kappa shape index (κ3) is 3.26. The number of nitrogens with one attached hydrogen (secondary N) is 1. The maximum atomic E-state index is 4.50. The summed E-state index contributed by atoms with van der Waals surface area (Å²) in [7, 11) is 1.98. The van der Waals surface area contributed by atoms with Crippen molar-refractivity contribution in [3.63, 3.8) is 0 Å². The summed E-state index contributed by atoms with van der Waals surface area (Å²) in [6, 6.07) is 13.1. The Balaban J connectivity index is 2.33. The molecule has 0 saturated heterocycles. The van der Waals surface area contributed by atoms with Gasteiger partial charge in [-0.05, 0) is 48.2 Å². The van der Waals surface area contributed by atoms with Crippen LogP contribution in [0.3, 0.4) is 0 Å². The first-order valence-electron chi connectivity index (χ1n) is 7.12. The molecule has 0 bridgehead atoms. The van der Waals surface area contributed by atoms with Crippen molar-refractivity contribution in [2.45, 2.75) is 39.2 Å². The van der Waals surface area contributed by atoms with Crippen molar-refractivity contribution < 1.29 is 0 Å². The fourth-order valence-electron chi connectivity index (χ4n) is 2.38. The first kappa shape index (κ1) is 14.7. The van der Waals surface area contributed by atoms with Gasteiger partial charge in [-0.25, -0.2) is 0 Å². The van der Waals surface area contributed by atoms with Gasteiger partial charge in [-0.15, -0.1) is 0 Å². The fraction of sp³-hybridized carbons (Fsp3) is 0.389.